The van der Waals surface area contributed by atoms with Gasteiger partial charge in [-0.15, -0.1) is 0 Å². The number of nitrogens with one attached hydrogen (secondary N) is 1. The summed E-state index contributed by atoms with van der Waals surface area (Å²) in [4.78, 5) is 2.18. The van der Waals surface area contributed by atoms with E-state index in [9.17, 15) is 0 Å². The Kier molecular flexibility index (Phi) is 5.51. The molecule has 0 radical (unpaired) electrons. The lowest BCUT2D eigenvalue weighted by Crippen LogP contribution is -2.17. The molecule has 0 fully saturated rings. The summed E-state index contributed by atoms with van der Waals surface area (Å²) in [5.41, 5.74) is 4.59. The number of hydrogen-bond donors (Lipinski definition) is 1. The van der Waals surface area contributed by atoms with Crippen LogP contribution in [0.2, 0.25) is 0 Å². The molecule has 0 saturated carbocycles. The Bertz CT molecular complexity index is 609. The number of hydrogen-bond acceptors (Lipinski definition) is 3. The van der Waals surface area contributed by atoms with Crippen molar-refractivity contribution in [3.05, 3.63) is 70.8 Å². The summed E-state index contributed by atoms with van der Waals surface area (Å²) < 4.78 is 0. The van der Waals surface area contributed by atoms with Gasteiger partial charge in [0.2, 0.25) is 0 Å². The second-order valence-corrected chi connectivity index (χ2v) is 5.42. The van der Waals surface area contributed by atoms with Gasteiger partial charge in [-0.25, -0.2) is 0 Å². The summed E-state index contributed by atoms with van der Waals surface area (Å²) in [6.07, 6.45) is 0. The first kappa shape index (κ1) is 15.2. The van der Waals surface area contributed by atoms with E-state index >= 15 is 0 Å². The molecule has 3 nitrogen and oxygen atoms in total. The second-order valence-electron chi connectivity index (χ2n) is 5.42. The third kappa shape index (κ3) is 4.71. The van der Waals surface area contributed by atoms with E-state index in [0.717, 1.165) is 19.6 Å². The zero-order valence-corrected chi connectivity index (χ0v) is 12.6. The van der Waals surface area contributed by atoms with Crippen LogP contribution in [0.25, 0.3) is 0 Å². The van der Waals surface area contributed by atoms with Gasteiger partial charge in [0.1, 0.15) is 0 Å². The van der Waals surface area contributed by atoms with Crippen molar-refractivity contribution in [2.75, 3.05) is 14.1 Å². The fourth-order valence-corrected chi connectivity index (χ4v) is 2.26. The molecule has 2 aromatic carbocycles. The molecule has 0 heterocycles. The lowest BCUT2D eigenvalue weighted by molar-refractivity contribution is 0.400. The van der Waals surface area contributed by atoms with Gasteiger partial charge in [0.15, 0.2) is 0 Å². The van der Waals surface area contributed by atoms with Crippen LogP contribution in [0.1, 0.15) is 22.3 Å². The predicted molar refractivity (Wildman–Crippen MR) is 85.5 cm³/mol. The topological polar surface area (TPSA) is 39.1 Å². The zero-order valence-electron chi connectivity index (χ0n) is 12.6. The van der Waals surface area contributed by atoms with Crippen molar-refractivity contribution in [1.82, 2.24) is 10.2 Å². The van der Waals surface area contributed by atoms with Crippen LogP contribution >= 0.6 is 0 Å². The zero-order chi connectivity index (χ0) is 15.1. The Hall–Kier alpha value is -2.15. The Labute approximate surface area is 126 Å². The standard InChI is InChI=1S/C18H21N3/c1-21(2)14-18-6-4-3-5-17(18)13-20-12-16-9-7-15(11-19)8-10-16/h3-10,20H,12-14H2,1-2H3. The van der Waals surface area contributed by atoms with Crippen molar-refractivity contribution in [1.29, 1.82) is 5.26 Å². The monoisotopic (exact) mass is 279 g/mol. The van der Waals surface area contributed by atoms with Crippen molar-refractivity contribution >= 4 is 0 Å². The van der Waals surface area contributed by atoms with Gasteiger partial charge in [-0.1, -0.05) is 36.4 Å². The van der Waals surface area contributed by atoms with Crippen LogP contribution in [0.15, 0.2) is 48.5 Å². The fourth-order valence-electron chi connectivity index (χ4n) is 2.26. The number of rotatable bonds is 6. The molecule has 0 aliphatic heterocycles. The SMILES string of the molecule is CN(C)Cc1ccccc1CNCc1ccc(C#N)cc1. The molecule has 0 spiro atoms. The summed E-state index contributed by atoms with van der Waals surface area (Å²) in [5, 5.41) is 12.3. The Balaban J connectivity index is 1.92. The maximum atomic E-state index is 8.79. The number of nitriles is 1. The minimum absolute atomic E-state index is 0.704. The first-order valence-electron chi connectivity index (χ1n) is 7.10. The lowest BCUT2D eigenvalue weighted by atomic mass is 10.1. The minimum Gasteiger partial charge on any atom is -0.309 e. The van der Waals surface area contributed by atoms with E-state index in [4.69, 9.17) is 5.26 Å². The molecule has 0 aliphatic rings. The third-order valence-corrected chi connectivity index (χ3v) is 3.33. The van der Waals surface area contributed by atoms with Gasteiger partial charge >= 0.3 is 0 Å². The lowest BCUT2D eigenvalue weighted by Gasteiger charge is -2.14. The molecule has 0 unspecified atom stereocenters. The normalized spacial score (nSPS) is 10.6. The molecule has 108 valence electrons. The van der Waals surface area contributed by atoms with E-state index < -0.39 is 0 Å². The van der Waals surface area contributed by atoms with Gasteiger partial charge in [-0.3, -0.25) is 0 Å². The first-order valence-corrected chi connectivity index (χ1v) is 7.10. The maximum absolute atomic E-state index is 8.79. The number of nitrogens with zero attached hydrogens (tertiary/aromatic N) is 2. The summed E-state index contributed by atoms with van der Waals surface area (Å²) >= 11 is 0. The second kappa shape index (κ2) is 7.58. The molecule has 0 atom stereocenters. The summed E-state index contributed by atoms with van der Waals surface area (Å²) in [6.45, 7) is 2.61. The largest absolute Gasteiger partial charge is 0.309 e. The molecule has 21 heavy (non-hydrogen) atoms. The summed E-state index contributed by atoms with van der Waals surface area (Å²) in [7, 11) is 4.17. The molecular formula is C18H21N3. The minimum atomic E-state index is 0.704. The van der Waals surface area contributed by atoms with Crippen molar-refractivity contribution in [3.63, 3.8) is 0 Å². The molecule has 0 saturated heterocycles. The van der Waals surface area contributed by atoms with Crippen molar-refractivity contribution in [2.24, 2.45) is 0 Å². The highest BCUT2D eigenvalue weighted by Gasteiger charge is 2.02. The van der Waals surface area contributed by atoms with Gasteiger partial charge < -0.3 is 10.2 Å². The van der Waals surface area contributed by atoms with Gasteiger partial charge in [-0.2, -0.15) is 5.26 Å². The van der Waals surface area contributed by atoms with Crippen molar-refractivity contribution in [3.8, 4) is 6.07 Å². The van der Waals surface area contributed by atoms with E-state index in [1.807, 2.05) is 24.3 Å². The quantitative estimate of drug-likeness (QED) is 0.883. The number of benzene rings is 2. The maximum Gasteiger partial charge on any atom is 0.0991 e. The van der Waals surface area contributed by atoms with Crippen molar-refractivity contribution < 1.29 is 0 Å². The Morgan fingerprint density at radius 2 is 1.62 bits per heavy atom. The highest BCUT2D eigenvalue weighted by molar-refractivity contribution is 5.31. The summed E-state index contributed by atoms with van der Waals surface area (Å²) in [5.74, 6) is 0. The molecule has 0 bridgehead atoms. The van der Waals surface area contributed by atoms with Crippen LogP contribution in [-0.2, 0) is 19.6 Å². The molecule has 0 aromatic heterocycles. The summed E-state index contributed by atoms with van der Waals surface area (Å²) in [6, 6.07) is 18.4. The van der Waals surface area contributed by atoms with Crippen LogP contribution in [-0.4, -0.2) is 19.0 Å². The van der Waals surface area contributed by atoms with Gasteiger partial charge in [-0.05, 0) is 42.9 Å². The van der Waals surface area contributed by atoms with E-state index in [0.29, 0.717) is 5.56 Å². The molecular weight excluding hydrogens is 258 g/mol. The fraction of sp³-hybridized carbons (Fsp3) is 0.278. The molecule has 1 N–H and O–H groups in total. The van der Waals surface area contributed by atoms with Crippen molar-refractivity contribution in [2.45, 2.75) is 19.6 Å². The van der Waals surface area contributed by atoms with Crippen LogP contribution in [0.3, 0.4) is 0 Å². The molecule has 3 heteroatoms. The van der Waals surface area contributed by atoms with E-state index in [1.165, 1.54) is 16.7 Å². The van der Waals surface area contributed by atoms with Gasteiger partial charge in [0.05, 0.1) is 11.6 Å². The molecule has 2 rings (SSSR count). The van der Waals surface area contributed by atoms with Crippen LogP contribution in [0.4, 0.5) is 0 Å². The highest BCUT2D eigenvalue weighted by atomic mass is 15.0. The molecule has 0 amide bonds. The van der Waals surface area contributed by atoms with Gasteiger partial charge in [0, 0.05) is 19.6 Å². The van der Waals surface area contributed by atoms with Crippen LogP contribution in [0, 0.1) is 11.3 Å². The first-order chi connectivity index (χ1) is 10.2. The average Bonchev–Trinajstić information content (AvgIpc) is 2.49. The predicted octanol–water partition coefficient (Wildman–Crippen LogP) is 2.91. The van der Waals surface area contributed by atoms with E-state index in [-0.39, 0.29) is 0 Å². The average molecular weight is 279 g/mol. The van der Waals surface area contributed by atoms with Crippen LogP contribution < -0.4 is 5.32 Å². The van der Waals surface area contributed by atoms with Gasteiger partial charge in [0.25, 0.3) is 0 Å². The van der Waals surface area contributed by atoms with Crippen LogP contribution in [0.5, 0.6) is 0 Å². The Morgan fingerprint density at radius 1 is 0.952 bits per heavy atom. The Morgan fingerprint density at radius 3 is 2.24 bits per heavy atom. The van der Waals surface area contributed by atoms with E-state index in [1.54, 1.807) is 0 Å². The highest BCUT2D eigenvalue weighted by Crippen LogP contribution is 2.11. The molecule has 2 aromatic rings. The molecule has 0 aliphatic carbocycles. The third-order valence-electron chi connectivity index (χ3n) is 3.33. The smallest absolute Gasteiger partial charge is 0.0991 e. The van der Waals surface area contributed by atoms with E-state index in [2.05, 4.69) is 54.6 Å².